The topological polar surface area (TPSA) is 67.9 Å². The van der Waals surface area contributed by atoms with E-state index >= 15 is 0 Å². The Morgan fingerprint density at radius 2 is 1.76 bits per heavy atom. The molecule has 3 aromatic carbocycles. The van der Waals surface area contributed by atoms with Crippen molar-refractivity contribution in [3.63, 3.8) is 0 Å². The molecule has 0 aromatic heterocycles. The fourth-order valence-electron chi connectivity index (χ4n) is 4.04. The zero-order valence-electron chi connectivity index (χ0n) is 18.3. The van der Waals surface area contributed by atoms with Gasteiger partial charge in [-0.15, -0.1) is 0 Å². The summed E-state index contributed by atoms with van der Waals surface area (Å²) in [5.41, 5.74) is 1.06. The van der Waals surface area contributed by atoms with Gasteiger partial charge in [-0.2, -0.15) is 0 Å². The molecular weight excluding hydrogens is 442 g/mol. The lowest BCUT2D eigenvalue weighted by Gasteiger charge is -2.46. The molecule has 0 spiro atoms. The lowest BCUT2D eigenvalue weighted by molar-refractivity contribution is -0.135. The van der Waals surface area contributed by atoms with Crippen LogP contribution in [0.4, 0.5) is 20.2 Å². The van der Waals surface area contributed by atoms with Crippen molar-refractivity contribution in [3.05, 3.63) is 83.9 Å². The van der Waals surface area contributed by atoms with Gasteiger partial charge in [-0.1, -0.05) is 6.07 Å². The Labute approximate surface area is 195 Å². The van der Waals surface area contributed by atoms with Gasteiger partial charge in [0.25, 0.3) is 5.91 Å². The number of hydrogen-bond donors (Lipinski definition) is 1. The fourth-order valence-corrected chi connectivity index (χ4v) is 4.04. The summed E-state index contributed by atoms with van der Waals surface area (Å²) in [6.45, 7) is 0. The van der Waals surface area contributed by atoms with Crippen LogP contribution in [0.2, 0.25) is 0 Å². The van der Waals surface area contributed by atoms with Gasteiger partial charge in [0.2, 0.25) is 12.0 Å². The third-order valence-electron chi connectivity index (χ3n) is 5.99. The Bertz CT molecular complexity index is 1240. The lowest BCUT2D eigenvalue weighted by atomic mass is 9.89. The van der Waals surface area contributed by atoms with E-state index in [2.05, 4.69) is 5.32 Å². The van der Waals surface area contributed by atoms with Crippen LogP contribution in [0, 0.1) is 17.6 Å². The minimum absolute atomic E-state index is 0.0126. The molecule has 2 amide bonds. The quantitative estimate of drug-likeness (QED) is 0.508. The van der Waals surface area contributed by atoms with Gasteiger partial charge in [-0.3, -0.25) is 14.5 Å². The van der Waals surface area contributed by atoms with Crippen LogP contribution in [0.15, 0.2) is 66.7 Å². The van der Waals surface area contributed by atoms with Crippen LogP contribution < -0.4 is 19.7 Å². The molecule has 1 N–H and O–H groups in total. The predicted octanol–water partition coefficient (Wildman–Crippen LogP) is 4.86. The number of carbonyl (C=O) groups is 2. The highest BCUT2D eigenvalue weighted by Crippen LogP contribution is 2.43. The summed E-state index contributed by atoms with van der Waals surface area (Å²) in [5, 5.41) is 2.83. The van der Waals surface area contributed by atoms with Crippen molar-refractivity contribution in [2.75, 3.05) is 17.3 Å². The van der Waals surface area contributed by atoms with Gasteiger partial charge in [0.1, 0.15) is 29.2 Å². The molecule has 0 bridgehead atoms. The summed E-state index contributed by atoms with van der Waals surface area (Å²) in [6, 6.07) is 15.6. The van der Waals surface area contributed by atoms with Crippen molar-refractivity contribution in [1.29, 1.82) is 0 Å². The molecule has 8 heteroatoms. The summed E-state index contributed by atoms with van der Waals surface area (Å²) in [6.07, 6.45) is 0.675. The normalized spacial score (nSPS) is 19.4. The molecular formula is C26H22F2N2O4. The Hall–Kier alpha value is -3.94. The van der Waals surface area contributed by atoms with Crippen LogP contribution in [0.1, 0.15) is 24.4 Å². The molecule has 34 heavy (non-hydrogen) atoms. The van der Waals surface area contributed by atoms with Crippen molar-refractivity contribution in [2.24, 2.45) is 5.92 Å². The molecule has 2 fully saturated rings. The average molecular weight is 464 g/mol. The van der Waals surface area contributed by atoms with E-state index in [0.29, 0.717) is 22.9 Å². The van der Waals surface area contributed by atoms with Crippen molar-refractivity contribution in [1.82, 2.24) is 0 Å². The molecule has 174 valence electrons. The third kappa shape index (κ3) is 4.19. The maximum absolute atomic E-state index is 14.7. The molecule has 2 atom stereocenters. The highest BCUT2D eigenvalue weighted by atomic mass is 19.1. The van der Waals surface area contributed by atoms with E-state index in [0.717, 1.165) is 31.0 Å². The Morgan fingerprint density at radius 3 is 2.47 bits per heavy atom. The van der Waals surface area contributed by atoms with Crippen LogP contribution in [0.5, 0.6) is 11.5 Å². The fraction of sp³-hybridized carbons (Fsp3) is 0.231. The summed E-state index contributed by atoms with van der Waals surface area (Å²) in [5.74, 6) is -0.735. The maximum Gasteiger partial charge on any atom is 0.271 e. The summed E-state index contributed by atoms with van der Waals surface area (Å²) >= 11 is 0. The van der Waals surface area contributed by atoms with Crippen LogP contribution in [0.3, 0.4) is 0 Å². The SMILES string of the molecule is COc1ccc(N2C(=O)[C@H](Oc3cccc(NC(=O)C4CC4)c3)[C@H]2c2cc(F)ccc2F)cc1. The van der Waals surface area contributed by atoms with E-state index in [1.54, 1.807) is 48.5 Å². The Balaban J connectivity index is 1.44. The van der Waals surface area contributed by atoms with Gasteiger partial charge in [0.05, 0.1) is 7.11 Å². The second kappa shape index (κ2) is 8.78. The third-order valence-corrected chi connectivity index (χ3v) is 5.99. The molecule has 1 saturated heterocycles. The van der Waals surface area contributed by atoms with E-state index in [4.69, 9.17) is 9.47 Å². The number of β-lactam (4-membered cyclic amide) rings is 1. The first kappa shape index (κ1) is 21.9. The number of methoxy groups -OCH3 is 1. The molecule has 1 aliphatic heterocycles. The number of carbonyl (C=O) groups excluding carboxylic acids is 2. The highest BCUT2D eigenvalue weighted by Gasteiger charge is 2.52. The predicted molar refractivity (Wildman–Crippen MR) is 122 cm³/mol. The van der Waals surface area contributed by atoms with Crippen LogP contribution in [-0.2, 0) is 9.59 Å². The minimum Gasteiger partial charge on any atom is -0.497 e. The first-order chi connectivity index (χ1) is 16.4. The monoisotopic (exact) mass is 464 g/mol. The second-order valence-corrected chi connectivity index (χ2v) is 8.35. The number of ether oxygens (including phenoxy) is 2. The van der Waals surface area contributed by atoms with Crippen molar-refractivity contribution >= 4 is 23.2 Å². The summed E-state index contributed by atoms with van der Waals surface area (Å²) in [7, 11) is 1.53. The smallest absolute Gasteiger partial charge is 0.271 e. The molecule has 0 unspecified atom stereocenters. The molecule has 5 rings (SSSR count). The van der Waals surface area contributed by atoms with E-state index in [1.807, 2.05) is 0 Å². The average Bonchev–Trinajstić information content (AvgIpc) is 3.69. The van der Waals surface area contributed by atoms with Crippen molar-refractivity contribution < 1.29 is 27.8 Å². The molecule has 1 saturated carbocycles. The molecule has 2 aliphatic rings. The van der Waals surface area contributed by atoms with Gasteiger partial charge in [0, 0.05) is 28.9 Å². The summed E-state index contributed by atoms with van der Waals surface area (Å²) < 4.78 is 39.9. The maximum atomic E-state index is 14.7. The second-order valence-electron chi connectivity index (χ2n) is 8.35. The molecule has 6 nitrogen and oxygen atoms in total. The number of rotatable bonds is 7. The first-order valence-corrected chi connectivity index (χ1v) is 10.9. The van der Waals surface area contributed by atoms with E-state index in [1.165, 1.54) is 12.0 Å². The Morgan fingerprint density at radius 1 is 1.00 bits per heavy atom. The zero-order chi connectivity index (χ0) is 23.8. The molecule has 1 heterocycles. The van der Waals surface area contributed by atoms with Gasteiger partial charge in [-0.05, 0) is 67.4 Å². The standard InChI is InChI=1S/C26H22F2N2O4/c1-33-19-10-8-18(9-11-19)30-23(21-13-16(27)7-12-22(21)28)24(26(30)32)34-20-4-2-3-17(14-20)29-25(31)15-5-6-15/h2-4,7-15,23-24H,5-6H2,1H3,(H,29,31)/t23-,24-/m1/s1. The number of anilines is 2. The zero-order valence-corrected chi connectivity index (χ0v) is 18.3. The number of amides is 2. The minimum atomic E-state index is -1.08. The molecule has 0 radical (unpaired) electrons. The van der Waals surface area contributed by atoms with Gasteiger partial charge in [-0.25, -0.2) is 8.78 Å². The van der Waals surface area contributed by atoms with Crippen LogP contribution in [0.25, 0.3) is 0 Å². The number of nitrogens with one attached hydrogen (secondary N) is 1. The van der Waals surface area contributed by atoms with E-state index in [-0.39, 0.29) is 17.4 Å². The number of hydrogen-bond acceptors (Lipinski definition) is 4. The van der Waals surface area contributed by atoms with E-state index < -0.39 is 29.7 Å². The number of halogens is 2. The van der Waals surface area contributed by atoms with Gasteiger partial charge in [0.15, 0.2) is 0 Å². The largest absolute Gasteiger partial charge is 0.497 e. The highest BCUT2D eigenvalue weighted by molar-refractivity contribution is 6.05. The molecule has 3 aromatic rings. The van der Waals surface area contributed by atoms with Crippen LogP contribution in [-0.4, -0.2) is 25.0 Å². The summed E-state index contributed by atoms with van der Waals surface area (Å²) in [4.78, 5) is 26.6. The molecule has 1 aliphatic carbocycles. The van der Waals surface area contributed by atoms with Crippen molar-refractivity contribution in [2.45, 2.75) is 25.0 Å². The van der Waals surface area contributed by atoms with Crippen molar-refractivity contribution in [3.8, 4) is 11.5 Å². The van der Waals surface area contributed by atoms with Crippen LogP contribution >= 0.6 is 0 Å². The number of benzene rings is 3. The Kier molecular flexibility index (Phi) is 5.65. The lowest BCUT2D eigenvalue weighted by Crippen LogP contribution is -2.62. The first-order valence-electron chi connectivity index (χ1n) is 10.9. The van der Waals surface area contributed by atoms with E-state index in [9.17, 15) is 18.4 Å². The van der Waals surface area contributed by atoms with Gasteiger partial charge >= 0.3 is 0 Å². The number of nitrogens with zero attached hydrogens (tertiary/aromatic N) is 1. The van der Waals surface area contributed by atoms with Gasteiger partial charge < -0.3 is 14.8 Å².